The van der Waals surface area contributed by atoms with Gasteiger partial charge >= 0.3 is 12.1 Å². The number of carboxylic acid groups (broad SMARTS) is 1. The zero-order valence-electron chi connectivity index (χ0n) is 13.0. The molecule has 3 nitrogen and oxygen atoms in total. The van der Waals surface area contributed by atoms with Crippen molar-refractivity contribution >= 4 is 5.97 Å². The van der Waals surface area contributed by atoms with Gasteiger partial charge < -0.3 is 10.4 Å². The van der Waals surface area contributed by atoms with Crippen LogP contribution in [0.5, 0.6) is 0 Å². The third-order valence-electron chi connectivity index (χ3n) is 4.35. The van der Waals surface area contributed by atoms with Crippen LogP contribution in [0.25, 0.3) is 0 Å². The van der Waals surface area contributed by atoms with E-state index in [1.54, 1.807) is 19.1 Å². The third-order valence-corrected chi connectivity index (χ3v) is 4.35. The number of allylic oxidation sites excluding steroid dienone is 4. The number of carboxylic acids is 1. The summed E-state index contributed by atoms with van der Waals surface area (Å²) in [6, 6.07) is -0.474. The van der Waals surface area contributed by atoms with Gasteiger partial charge in [0, 0.05) is 17.2 Å². The van der Waals surface area contributed by atoms with Gasteiger partial charge in [-0.25, -0.2) is 0 Å². The maximum absolute atomic E-state index is 13.0. The molecule has 2 aliphatic carbocycles. The van der Waals surface area contributed by atoms with E-state index in [-0.39, 0.29) is 0 Å². The van der Waals surface area contributed by atoms with Crippen molar-refractivity contribution in [3.8, 4) is 0 Å². The van der Waals surface area contributed by atoms with Gasteiger partial charge in [-0.05, 0) is 25.8 Å². The van der Waals surface area contributed by atoms with Crippen molar-refractivity contribution in [1.29, 1.82) is 0 Å². The van der Waals surface area contributed by atoms with Crippen molar-refractivity contribution in [3.63, 3.8) is 0 Å². The molecule has 0 amide bonds. The average Bonchev–Trinajstić information content (AvgIpc) is 2.47. The summed E-state index contributed by atoms with van der Waals surface area (Å²) in [5, 5.41) is 12.2. The summed E-state index contributed by atoms with van der Waals surface area (Å²) < 4.78 is 38.9. The van der Waals surface area contributed by atoms with Gasteiger partial charge in [-0.15, -0.1) is 0 Å². The highest BCUT2D eigenvalue weighted by Gasteiger charge is 2.40. The predicted octanol–water partition coefficient (Wildman–Crippen LogP) is 3.96. The van der Waals surface area contributed by atoms with E-state index >= 15 is 0 Å². The van der Waals surface area contributed by atoms with Gasteiger partial charge in [0.2, 0.25) is 0 Å². The molecule has 0 aromatic rings. The molecule has 2 N–H and O–H groups in total. The Morgan fingerprint density at radius 3 is 2.74 bits per heavy atom. The summed E-state index contributed by atoms with van der Waals surface area (Å²) in [6.45, 7) is 3.15. The first-order chi connectivity index (χ1) is 10.7. The van der Waals surface area contributed by atoms with Crippen LogP contribution < -0.4 is 5.32 Å². The van der Waals surface area contributed by atoms with E-state index in [0.717, 1.165) is 11.6 Å². The van der Waals surface area contributed by atoms with Crippen LogP contribution in [-0.2, 0) is 4.79 Å². The summed E-state index contributed by atoms with van der Waals surface area (Å²) in [6.07, 6.45) is 4.84. The van der Waals surface area contributed by atoms with Crippen LogP contribution in [0.15, 0.2) is 47.2 Å². The second-order valence-electron chi connectivity index (χ2n) is 5.94. The van der Waals surface area contributed by atoms with Crippen LogP contribution in [0.2, 0.25) is 0 Å². The Morgan fingerprint density at radius 2 is 2.13 bits per heavy atom. The average molecular weight is 327 g/mol. The minimum Gasteiger partial charge on any atom is -0.481 e. The molecule has 2 rings (SSSR count). The fourth-order valence-electron chi connectivity index (χ4n) is 2.83. The van der Waals surface area contributed by atoms with Gasteiger partial charge in [0.1, 0.15) is 0 Å². The Hall–Kier alpha value is -1.98. The van der Waals surface area contributed by atoms with Crippen LogP contribution in [0.3, 0.4) is 0 Å². The summed E-state index contributed by atoms with van der Waals surface area (Å²) >= 11 is 0. The minimum atomic E-state index is -4.34. The Morgan fingerprint density at radius 1 is 1.43 bits per heavy atom. The third kappa shape index (κ3) is 4.06. The lowest BCUT2D eigenvalue weighted by Gasteiger charge is -2.30. The van der Waals surface area contributed by atoms with Crippen molar-refractivity contribution in [2.45, 2.75) is 38.9 Å². The van der Waals surface area contributed by atoms with Gasteiger partial charge in [0.05, 0.1) is 12.0 Å². The molecule has 0 aromatic carbocycles. The van der Waals surface area contributed by atoms with E-state index in [1.807, 2.05) is 6.08 Å². The standard InChI is InChI=1S/C17H20F3NO2/c1-10(16(22)23)12-5-3-6-13(9-12)21-15-8-4-7-14(11(15)2)17(18,19)20/h4,6-11,15,21H,3,5H2,1-2H3,(H,22,23). The number of halogens is 3. The Labute approximate surface area is 133 Å². The highest BCUT2D eigenvalue weighted by atomic mass is 19.4. The summed E-state index contributed by atoms with van der Waals surface area (Å²) in [5.41, 5.74) is 0.905. The lowest BCUT2D eigenvalue weighted by atomic mass is 9.87. The van der Waals surface area contributed by atoms with Crippen LogP contribution in [0.1, 0.15) is 26.7 Å². The van der Waals surface area contributed by atoms with Gasteiger partial charge in [0.15, 0.2) is 0 Å². The molecule has 0 radical (unpaired) electrons. The molecule has 0 aromatic heterocycles. The van der Waals surface area contributed by atoms with E-state index in [2.05, 4.69) is 5.32 Å². The fraction of sp³-hybridized carbons (Fsp3) is 0.471. The molecule has 0 bridgehead atoms. The highest BCUT2D eigenvalue weighted by molar-refractivity contribution is 5.73. The van der Waals surface area contributed by atoms with Crippen LogP contribution >= 0.6 is 0 Å². The quantitative estimate of drug-likeness (QED) is 0.821. The van der Waals surface area contributed by atoms with Crippen molar-refractivity contribution in [1.82, 2.24) is 5.32 Å². The second kappa shape index (κ2) is 6.64. The lowest BCUT2D eigenvalue weighted by molar-refractivity contribution is -0.139. The number of carbonyl (C=O) groups is 1. The van der Waals surface area contributed by atoms with Gasteiger partial charge in [-0.3, -0.25) is 4.79 Å². The molecule has 0 heterocycles. The second-order valence-corrected chi connectivity index (χ2v) is 5.94. The first-order valence-electron chi connectivity index (χ1n) is 7.55. The zero-order valence-corrected chi connectivity index (χ0v) is 13.0. The predicted molar refractivity (Wildman–Crippen MR) is 81.6 cm³/mol. The fourth-order valence-corrected chi connectivity index (χ4v) is 2.83. The monoisotopic (exact) mass is 327 g/mol. The maximum atomic E-state index is 13.0. The molecule has 0 saturated heterocycles. The number of hydrogen-bond donors (Lipinski definition) is 2. The Kier molecular flexibility index (Phi) is 5.02. The highest BCUT2D eigenvalue weighted by Crippen LogP contribution is 2.35. The normalized spacial score (nSPS) is 26.0. The molecule has 0 fully saturated rings. The van der Waals surface area contributed by atoms with E-state index in [1.165, 1.54) is 13.0 Å². The molecular formula is C17H20F3NO2. The largest absolute Gasteiger partial charge is 0.481 e. The maximum Gasteiger partial charge on any atom is 0.413 e. The lowest BCUT2D eigenvalue weighted by Crippen LogP contribution is -2.38. The van der Waals surface area contributed by atoms with E-state index < -0.39 is 35.6 Å². The van der Waals surface area contributed by atoms with Crippen molar-refractivity contribution in [2.75, 3.05) is 0 Å². The Balaban J connectivity index is 2.11. The molecule has 3 unspecified atom stereocenters. The summed E-state index contributed by atoms with van der Waals surface area (Å²) in [7, 11) is 0. The first-order valence-corrected chi connectivity index (χ1v) is 7.55. The van der Waals surface area contributed by atoms with Crippen LogP contribution in [0.4, 0.5) is 13.2 Å². The van der Waals surface area contributed by atoms with Gasteiger partial charge in [-0.2, -0.15) is 13.2 Å². The molecule has 3 atom stereocenters. The van der Waals surface area contributed by atoms with Crippen LogP contribution in [-0.4, -0.2) is 23.3 Å². The topological polar surface area (TPSA) is 49.3 Å². The molecule has 6 heteroatoms. The Bertz CT molecular complexity index is 599. The SMILES string of the molecule is CC(C(=O)O)C1=CC(NC2C=CC=C(C(F)(F)F)C2C)=CCC1. The molecule has 0 aliphatic heterocycles. The van der Waals surface area contributed by atoms with E-state index in [9.17, 15) is 18.0 Å². The van der Waals surface area contributed by atoms with Crippen LogP contribution in [0, 0.1) is 11.8 Å². The number of alkyl halides is 3. The van der Waals surface area contributed by atoms with E-state index in [0.29, 0.717) is 18.5 Å². The van der Waals surface area contributed by atoms with Crippen molar-refractivity contribution in [3.05, 3.63) is 47.2 Å². The molecule has 0 spiro atoms. The zero-order chi connectivity index (χ0) is 17.2. The number of nitrogens with one attached hydrogen (secondary N) is 1. The minimum absolute atomic E-state index is 0.474. The van der Waals surface area contributed by atoms with E-state index in [4.69, 9.17) is 5.11 Å². The van der Waals surface area contributed by atoms with Crippen molar-refractivity contribution < 1.29 is 23.1 Å². The molecule has 126 valence electrons. The smallest absolute Gasteiger partial charge is 0.413 e. The number of aliphatic carboxylic acids is 1. The summed E-state index contributed by atoms with van der Waals surface area (Å²) in [4.78, 5) is 11.1. The van der Waals surface area contributed by atoms with Crippen molar-refractivity contribution in [2.24, 2.45) is 11.8 Å². The molecule has 23 heavy (non-hydrogen) atoms. The summed E-state index contributed by atoms with van der Waals surface area (Å²) in [5.74, 6) is -2.20. The molecule has 2 aliphatic rings. The molecular weight excluding hydrogens is 307 g/mol. The number of hydrogen-bond acceptors (Lipinski definition) is 2. The first kappa shape index (κ1) is 17.4. The number of rotatable bonds is 4. The van der Waals surface area contributed by atoms with Gasteiger partial charge in [-0.1, -0.05) is 36.8 Å². The molecule has 0 saturated carbocycles. The van der Waals surface area contributed by atoms with Gasteiger partial charge in [0.25, 0.3) is 0 Å².